The van der Waals surface area contributed by atoms with Crippen LogP contribution in [0.2, 0.25) is 0 Å². The van der Waals surface area contributed by atoms with Gasteiger partial charge in [-0.15, -0.1) is 0 Å². The summed E-state index contributed by atoms with van der Waals surface area (Å²) < 4.78 is 0. The Morgan fingerprint density at radius 3 is 1.50 bits per heavy atom. The third-order valence-electron chi connectivity index (χ3n) is 0. The van der Waals surface area contributed by atoms with Crippen LogP contribution in [-0.4, -0.2) is 21.6 Å². The largest absolute Gasteiger partial charge is 0.870 e. The summed E-state index contributed by atoms with van der Waals surface area (Å²) in [5.41, 5.74) is 2.88. The highest BCUT2D eigenvalue weighted by Crippen LogP contribution is 1.71. The number of hydrogen-bond acceptors (Lipinski definition) is 3. The standard InChI is InChI=1S/C2H7NO2.H2O/c1-2(3,4)5;/h4-5H,3H2,1H3;1H2. The molecule has 0 radical (unpaired) electrons. The molecule has 0 heterocycles. The fourth-order valence-electron chi connectivity index (χ4n) is 0. The van der Waals surface area contributed by atoms with E-state index < -0.39 is 5.91 Å². The maximum atomic E-state index is 7.97. The lowest BCUT2D eigenvalue weighted by molar-refractivity contribution is -0.611. The second kappa shape index (κ2) is 2.09. The van der Waals surface area contributed by atoms with Crippen molar-refractivity contribution < 1.29 is 21.4 Å². The Bertz CT molecular complexity index is 24.3. The summed E-state index contributed by atoms with van der Waals surface area (Å²) >= 11 is 0. The molecule has 0 aliphatic heterocycles. The maximum absolute atomic E-state index is 7.97. The second-order valence-electron chi connectivity index (χ2n) is 1.22. The van der Waals surface area contributed by atoms with Crippen LogP contribution in [0, 0.1) is 0 Å². The van der Waals surface area contributed by atoms with Crippen LogP contribution in [0.1, 0.15) is 6.92 Å². The van der Waals surface area contributed by atoms with Gasteiger partial charge in [-0.05, 0) is 0 Å². The molecule has 0 aromatic rings. The van der Waals surface area contributed by atoms with Gasteiger partial charge in [0.1, 0.15) is 0 Å². The number of aliphatic hydroxyl groups is 2. The Kier molecular flexibility index (Phi) is 3.24. The molecule has 0 aromatic carbocycles. The molecule has 0 saturated heterocycles. The smallest absolute Gasteiger partial charge is 0.306 e. The molecule has 0 aliphatic rings. The zero-order chi connectivity index (χ0) is 4.50. The molecular weight excluding hydrogens is 86.0 g/mol. The Labute approximate surface area is 35.5 Å². The highest BCUT2D eigenvalue weighted by atomic mass is 16.5. The molecule has 0 bridgehead atoms. The molecule has 0 amide bonds. The third-order valence-corrected chi connectivity index (χ3v) is 0. The van der Waals surface area contributed by atoms with Crippen LogP contribution in [0.3, 0.4) is 0 Å². The Morgan fingerprint density at radius 1 is 1.50 bits per heavy atom. The van der Waals surface area contributed by atoms with Gasteiger partial charge in [-0.25, -0.2) is 0 Å². The predicted molar refractivity (Wildman–Crippen MR) is 17.7 cm³/mol. The van der Waals surface area contributed by atoms with E-state index in [0.29, 0.717) is 0 Å². The summed E-state index contributed by atoms with van der Waals surface area (Å²) in [6.07, 6.45) is 0. The fraction of sp³-hybridized carbons (Fsp3) is 1.00. The third kappa shape index (κ3) is 1210. The maximum Gasteiger partial charge on any atom is 0.306 e. The van der Waals surface area contributed by atoms with E-state index in [1.165, 1.54) is 6.92 Å². The van der Waals surface area contributed by atoms with Gasteiger partial charge in [-0.2, -0.15) is 0 Å². The monoisotopic (exact) mass is 95.1 g/mol. The molecule has 4 nitrogen and oxygen atoms in total. The number of quaternary nitrogens is 1. The van der Waals surface area contributed by atoms with Crippen molar-refractivity contribution in [3.8, 4) is 0 Å². The van der Waals surface area contributed by atoms with Gasteiger partial charge >= 0.3 is 5.91 Å². The topological polar surface area (TPSA) is 98.1 Å². The van der Waals surface area contributed by atoms with Crippen molar-refractivity contribution in [1.82, 2.24) is 0 Å². The van der Waals surface area contributed by atoms with Gasteiger partial charge in [0.05, 0.1) is 0 Å². The molecule has 6 N–H and O–H groups in total. The summed E-state index contributed by atoms with van der Waals surface area (Å²) in [7, 11) is 0. The van der Waals surface area contributed by atoms with Crippen LogP contribution in [0.15, 0.2) is 0 Å². The van der Waals surface area contributed by atoms with E-state index in [2.05, 4.69) is 5.73 Å². The van der Waals surface area contributed by atoms with E-state index in [0.717, 1.165) is 0 Å². The number of rotatable bonds is 0. The van der Waals surface area contributed by atoms with Gasteiger partial charge in [-0.3, -0.25) is 0 Å². The summed E-state index contributed by atoms with van der Waals surface area (Å²) in [5.74, 6) is -1.75. The lowest BCUT2D eigenvalue weighted by Crippen LogP contribution is -2.70. The van der Waals surface area contributed by atoms with Crippen molar-refractivity contribution >= 4 is 0 Å². The predicted octanol–water partition coefficient (Wildman–Crippen LogP) is -2.29. The molecule has 6 heavy (non-hydrogen) atoms. The molecule has 0 rings (SSSR count). The van der Waals surface area contributed by atoms with E-state index in [1.807, 2.05) is 0 Å². The van der Waals surface area contributed by atoms with Crippen LogP contribution in [-0.2, 0) is 0 Å². The highest BCUT2D eigenvalue weighted by Gasteiger charge is 2.06. The summed E-state index contributed by atoms with van der Waals surface area (Å²) in [4.78, 5) is 0. The van der Waals surface area contributed by atoms with Gasteiger partial charge < -0.3 is 21.4 Å². The zero-order valence-corrected chi connectivity index (χ0v) is 3.55. The van der Waals surface area contributed by atoms with E-state index in [9.17, 15) is 0 Å². The Hall–Kier alpha value is -0.160. The van der Waals surface area contributed by atoms with Gasteiger partial charge in [0.2, 0.25) is 0 Å². The molecule has 0 aromatic heterocycles. The van der Waals surface area contributed by atoms with Gasteiger partial charge in [0.15, 0.2) is 0 Å². The molecule has 0 atom stereocenters. The molecule has 0 unspecified atom stereocenters. The molecule has 40 valence electrons. The fourth-order valence-corrected chi connectivity index (χ4v) is 0. The minimum Gasteiger partial charge on any atom is -0.870 e. The van der Waals surface area contributed by atoms with Crippen molar-refractivity contribution in [2.45, 2.75) is 12.8 Å². The molecule has 0 spiro atoms. The van der Waals surface area contributed by atoms with Gasteiger partial charge in [0.25, 0.3) is 0 Å². The van der Waals surface area contributed by atoms with E-state index in [4.69, 9.17) is 10.2 Å². The lowest BCUT2D eigenvalue weighted by atomic mass is 10.6. The molecule has 0 saturated carbocycles. The van der Waals surface area contributed by atoms with Crippen molar-refractivity contribution in [2.24, 2.45) is 0 Å². The Morgan fingerprint density at radius 2 is 1.50 bits per heavy atom. The first-order chi connectivity index (χ1) is 2.00. The molecular formula is C2H9NO3. The van der Waals surface area contributed by atoms with Crippen LogP contribution in [0.5, 0.6) is 0 Å². The van der Waals surface area contributed by atoms with Gasteiger partial charge in [-0.1, -0.05) is 0 Å². The SMILES string of the molecule is CC([NH3+])(O)O.[OH-]. The van der Waals surface area contributed by atoms with Crippen molar-refractivity contribution in [3.05, 3.63) is 0 Å². The quantitative estimate of drug-likeness (QED) is 0.295. The zero-order valence-electron chi connectivity index (χ0n) is 3.55. The minimum absolute atomic E-state index is 0. The molecule has 0 fully saturated rings. The average molecular weight is 95.1 g/mol. The molecule has 0 aliphatic carbocycles. The lowest BCUT2D eigenvalue weighted by Gasteiger charge is -1.98. The van der Waals surface area contributed by atoms with E-state index in [-0.39, 0.29) is 5.48 Å². The van der Waals surface area contributed by atoms with Crippen molar-refractivity contribution in [2.75, 3.05) is 0 Å². The van der Waals surface area contributed by atoms with Crippen molar-refractivity contribution in [3.63, 3.8) is 0 Å². The van der Waals surface area contributed by atoms with Crippen LogP contribution < -0.4 is 5.73 Å². The average Bonchev–Trinajstić information content (AvgIpc) is 0.722. The van der Waals surface area contributed by atoms with E-state index >= 15 is 0 Å². The van der Waals surface area contributed by atoms with Crippen LogP contribution >= 0.6 is 0 Å². The first-order valence-electron chi connectivity index (χ1n) is 1.30. The van der Waals surface area contributed by atoms with Crippen molar-refractivity contribution in [1.29, 1.82) is 0 Å². The minimum atomic E-state index is -1.75. The summed E-state index contributed by atoms with van der Waals surface area (Å²) in [6, 6.07) is 0. The van der Waals surface area contributed by atoms with Crippen LogP contribution in [0.4, 0.5) is 0 Å². The first kappa shape index (κ1) is 9.28. The van der Waals surface area contributed by atoms with Gasteiger partial charge in [0, 0.05) is 6.92 Å². The van der Waals surface area contributed by atoms with Crippen LogP contribution in [0.25, 0.3) is 0 Å². The van der Waals surface area contributed by atoms with E-state index in [1.54, 1.807) is 0 Å². The normalized spacial score (nSPS) is 10.0. The Balaban J connectivity index is 0. The summed E-state index contributed by atoms with van der Waals surface area (Å²) in [6.45, 7) is 1.19. The second-order valence-corrected chi connectivity index (χ2v) is 1.22. The highest BCUT2D eigenvalue weighted by molar-refractivity contribution is 4.17. The number of hydrogen-bond donors (Lipinski definition) is 3. The molecule has 4 heteroatoms. The summed E-state index contributed by atoms with van der Waals surface area (Å²) in [5, 5.41) is 15.9. The first-order valence-corrected chi connectivity index (χ1v) is 1.30.